The number of nitrogens with zero attached hydrogens (tertiary/aromatic N) is 1. The first-order valence-corrected chi connectivity index (χ1v) is 17.2. The number of carbonyl (C=O) groups excluding carboxylic acids is 1. The molecule has 9 heteroatoms. The predicted octanol–water partition coefficient (Wildman–Crippen LogP) is 7.52. The third-order valence-electron chi connectivity index (χ3n) is 8.09. The molecule has 0 bridgehead atoms. The average molecular weight is 624 g/mol. The largest absolute Gasteiger partial charge is 0.461 e. The number of aryl methyl sites for hydroxylation is 1. The van der Waals surface area contributed by atoms with Crippen LogP contribution in [0.5, 0.6) is 0 Å². The molecule has 1 aliphatic carbocycles. The van der Waals surface area contributed by atoms with Gasteiger partial charge in [-0.25, -0.2) is 18.1 Å². The molecule has 2 N–H and O–H groups in total. The predicted molar refractivity (Wildman–Crippen MR) is 173 cm³/mol. The molecule has 2 aromatic rings. The molecule has 3 aliphatic rings. The summed E-state index contributed by atoms with van der Waals surface area (Å²) in [7, 11) is -3.58. The number of hydrogen-bond donors (Lipinski definition) is 2. The van der Waals surface area contributed by atoms with Gasteiger partial charge in [-0.3, -0.25) is 4.79 Å². The highest BCUT2D eigenvalue weighted by molar-refractivity contribution is 7.89. The molecule has 2 heterocycles. The minimum Gasteiger partial charge on any atom is -0.461 e. The van der Waals surface area contributed by atoms with Gasteiger partial charge in [0.2, 0.25) is 10.0 Å². The molecule has 2 unspecified atom stereocenters. The van der Waals surface area contributed by atoms with Crippen LogP contribution in [0.4, 0.5) is 5.69 Å². The van der Waals surface area contributed by atoms with E-state index in [1.807, 2.05) is 26.8 Å². The van der Waals surface area contributed by atoms with Crippen molar-refractivity contribution in [1.29, 1.82) is 0 Å². The van der Waals surface area contributed by atoms with Gasteiger partial charge in [-0.1, -0.05) is 35.9 Å². The molecule has 7 nitrogen and oxygen atoms in total. The van der Waals surface area contributed by atoms with E-state index < -0.39 is 15.6 Å². The number of benzene rings is 2. The summed E-state index contributed by atoms with van der Waals surface area (Å²) in [4.78, 5) is 17.0. The van der Waals surface area contributed by atoms with Crippen LogP contribution >= 0.6 is 11.6 Å². The summed E-state index contributed by atoms with van der Waals surface area (Å²) < 4.78 is 34.0. The first-order chi connectivity index (χ1) is 20.5. The lowest BCUT2D eigenvalue weighted by Gasteiger charge is -2.20. The van der Waals surface area contributed by atoms with E-state index in [4.69, 9.17) is 21.3 Å². The minimum atomic E-state index is -3.58. The highest BCUT2D eigenvalue weighted by atomic mass is 35.5. The fourth-order valence-corrected chi connectivity index (χ4v) is 7.85. The van der Waals surface area contributed by atoms with Crippen molar-refractivity contribution in [1.82, 2.24) is 4.72 Å². The lowest BCUT2D eigenvalue weighted by Crippen LogP contribution is -2.40. The number of ether oxygens (including phenoxy) is 1. The normalized spacial score (nSPS) is 21.1. The van der Waals surface area contributed by atoms with Crippen LogP contribution in [0.25, 0.3) is 0 Å². The van der Waals surface area contributed by atoms with Gasteiger partial charge in [0.05, 0.1) is 9.93 Å². The smallest absolute Gasteiger partial charge is 0.306 e. The van der Waals surface area contributed by atoms with Gasteiger partial charge in [0.1, 0.15) is 11.9 Å². The molecule has 2 atom stereocenters. The lowest BCUT2D eigenvalue weighted by molar-refractivity contribution is -0.148. The molecule has 0 radical (unpaired) electrons. The van der Waals surface area contributed by atoms with Crippen LogP contribution in [0.15, 0.2) is 75.2 Å². The summed E-state index contributed by atoms with van der Waals surface area (Å²) >= 11 is 6.74. The van der Waals surface area contributed by atoms with Crippen molar-refractivity contribution in [2.75, 3.05) is 5.32 Å². The molecular formula is C34H42ClN3O4S. The number of amidine groups is 1. The first-order valence-electron chi connectivity index (χ1n) is 15.3. The van der Waals surface area contributed by atoms with Gasteiger partial charge in [-0.2, -0.15) is 0 Å². The van der Waals surface area contributed by atoms with Crippen molar-refractivity contribution in [3.63, 3.8) is 0 Å². The summed E-state index contributed by atoms with van der Waals surface area (Å²) in [6.07, 6.45) is 12.0. The van der Waals surface area contributed by atoms with Gasteiger partial charge in [-0.15, -0.1) is 0 Å². The molecule has 2 aromatic carbocycles. The molecule has 43 heavy (non-hydrogen) atoms. The Hall–Kier alpha value is -2.94. The number of esters is 1. The maximum atomic E-state index is 12.8. The van der Waals surface area contributed by atoms with Gasteiger partial charge >= 0.3 is 5.97 Å². The highest BCUT2D eigenvalue weighted by Crippen LogP contribution is 2.41. The summed E-state index contributed by atoms with van der Waals surface area (Å²) in [5.41, 5.74) is 5.03. The maximum absolute atomic E-state index is 12.8. The Morgan fingerprint density at radius 2 is 1.91 bits per heavy atom. The first kappa shape index (κ1) is 31.5. The Balaban J connectivity index is 1.20. The SMILES string of the molecule is CC(C)(C)NS(=O)(=O)c1cccc(CCCC2=CCCCC(Nc3ccc4c(c3)C3CCCC(=O)OC3C4)=NC=C2Cl)c1. The highest BCUT2D eigenvalue weighted by Gasteiger charge is 2.37. The Morgan fingerprint density at radius 3 is 2.72 bits per heavy atom. The van der Waals surface area contributed by atoms with Gasteiger partial charge in [0.15, 0.2) is 0 Å². The Labute approximate surface area is 260 Å². The van der Waals surface area contributed by atoms with Crippen LogP contribution in [0.1, 0.15) is 94.7 Å². The van der Waals surface area contributed by atoms with Crippen LogP contribution in [-0.4, -0.2) is 31.9 Å². The zero-order valence-corrected chi connectivity index (χ0v) is 26.9. The number of sulfonamides is 1. The number of hydrogen-bond acceptors (Lipinski definition) is 6. The zero-order valence-electron chi connectivity index (χ0n) is 25.3. The van der Waals surface area contributed by atoms with Crippen LogP contribution < -0.4 is 10.0 Å². The van der Waals surface area contributed by atoms with E-state index in [0.29, 0.717) is 11.5 Å². The molecule has 0 aromatic heterocycles. The number of nitrogens with one attached hydrogen (secondary N) is 2. The third-order valence-corrected chi connectivity index (χ3v) is 10.2. The number of allylic oxidation sites excluding steroid dienone is 3. The standard InChI is InChI=1S/C34H42ClN3O4S/c1-34(2,3)38-43(40,41)27-13-7-10-23(19-27)9-6-12-24-11-4-5-15-32(36-22-30(24)35)37-26-18-17-25-20-31-28(29(25)21-26)14-8-16-33(39)42-31/h7,10-11,13,17-19,21-22,28,31,38H,4-6,8-9,12,14-16,20H2,1-3H3,(H,36,37). The number of halogens is 1. The molecule has 0 amide bonds. The fraction of sp³-hybridized carbons (Fsp3) is 0.471. The minimum absolute atomic E-state index is 0.0452. The van der Waals surface area contributed by atoms with Crippen LogP contribution in [-0.2, 0) is 32.4 Å². The van der Waals surface area contributed by atoms with E-state index in [2.05, 4.69) is 34.3 Å². The number of fused-ring (bicyclic) bond motifs is 3. The Bertz CT molecular complexity index is 1560. The quantitative estimate of drug-likeness (QED) is 0.311. The molecule has 0 spiro atoms. The molecule has 2 aliphatic heterocycles. The number of anilines is 1. The van der Waals surface area contributed by atoms with E-state index in [0.717, 1.165) is 80.4 Å². The van der Waals surface area contributed by atoms with Gasteiger partial charge in [0, 0.05) is 42.6 Å². The van der Waals surface area contributed by atoms with Crippen LogP contribution in [0.3, 0.4) is 0 Å². The van der Waals surface area contributed by atoms with Gasteiger partial charge in [0.25, 0.3) is 0 Å². The van der Waals surface area contributed by atoms with E-state index in [1.165, 1.54) is 11.1 Å². The molecule has 1 saturated heterocycles. The van der Waals surface area contributed by atoms with E-state index in [1.54, 1.807) is 24.4 Å². The van der Waals surface area contributed by atoms with Crippen molar-refractivity contribution in [2.24, 2.45) is 4.99 Å². The molecular weight excluding hydrogens is 582 g/mol. The number of rotatable bonds is 7. The van der Waals surface area contributed by atoms with E-state index in [9.17, 15) is 13.2 Å². The van der Waals surface area contributed by atoms with E-state index in [-0.39, 0.29) is 22.9 Å². The van der Waals surface area contributed by atoms with E-state index >= 15 is 0 Å². The topological polar surface area (TPSA) is 96.9 Å². The Kier molecular flexibility index (Phi) is 9.79. The monoisotopic (exact) mass is 623 g/mol. The second-order valence-electron chi connectivity index (χ2n) is 12.8. The van der Waals surface area contributed by atoms with Crippen molar-refractivity contribution >= 4 is 39.1 Å². The number of aliphatic imine (C=N–C) groups is 1. The number of carbonyl (C=O) groups is 1. The maximum Gasteiger partial charge on any atom is 0.306 e. The van der Waals surface area contributed by atoms with Crippen molar-refractivity contribution in [2.45, 2.75) is 107 Å². The van der Waals surface area contributed by atoms with Crippen molar-refractivity contribution < 1.29 is 17.9 Å². The lowest BCUT2D eigenvalue weighted by atomic mass is 9.94. The van der Waals surface area contributed by atoms with Crippen molar-refractivity contribution in [3.05, 3.63) is 82.0 Å². The zero-order chi connectivity index (χ0) is 30.6. The molecule has 0 saturated carbocycles. The second-order valence-corrected chi connectivity index (χ2v) is 14.9. The third kappa shape index (κ3) is 8.37. The molecule has 230 valence electrons. The summed E-state index contributed by atoms with van der Waals surface area (Å²) in [6, 6.07) is 13.6. The average Bonchev–Trinajstić information content (AvgIpc) is 3.19. The fourth-order valence-electron chi connectivity index (χ4n) is 6.14. The Morgan fingerprint density at radius 1 is 1.07 bits per heavy atom. The molecule has 5 rings (SSSR count). The summed E-state index contributed by atoms with van der Waals surface area (Å²) in [5.74, 6) is 1.05. The second kappa shape index (κ2) is 13.4. The summed E-state index contributed by atoms with van der Waals surface area (Å²) in [6.45, 7) is 5.50. The van der Waals surface area contributed by atoms with Crippen LogP contribution in [0.2, 0.25) is 0 Å². The van der Waals surface area contributed by atoms with Gasteiger partial charge < -0.3 is 10.1 Å². The van der Waals surface area contributed by atoms with Crippen LogP contribution in [0, 0.1) is 0 Å². The van der Waals surface area contributed by atoms with Gasteiger partial charge in [-0.05, 0) is 112 Å². The molecule has 1 fully saturated rings. The van der Waals surface area contributed by atoms with Crippen molar-refractivity contribution in [3.8, 4) is 0 Å². The summed E-state index contributed by atoms with van der Waals surface area (Å²) in [5, 5.41) is 4.15.